The third kappa shape index (κ3) is 7.53. The second kappa shape index (κ2) is 12.4. The molecule has 2 aromatic carbocycles. The number of hydrogen-bond donors (Lipinski definition) is 5. The number of amides is 4. The predicted octanol–water partition coefficient (Wildman–Crippen LogP) is 0.298. The topological polar surface area (TPSA) is 146 Å². The second-order valence-electron chi connectivity index (χ2n) is 9.42. The van der Waals surface area contributed by atoms with Crippen molar-refractivity contribution in [2.24, 2.45) is 5.92 Å². The number of para-hydroxylation sites is 1. The van der Waals surface area contributed by atoms with Crippen LogP contribution < -0.4 is 26.0 Å². The number of rotatable bonds is 6. The highest BCUT2D eigenvalue weighted by Crippen LogP contribution is 2.27. The molecule has 0 unspecified atom stereocenters. The molecule has 2 aliphatic rings. The third-order valence-electron chi connectivity index (χ3n) is 6.35. The quantitative estimate of drug-likeness (QED) is 0.379. The molecule has 1 saturated carbocycles. The van der Waals surface area contributed by atoms with Crippen LogP contribution in [0.3, 0.4) is 0 Å². The smallest absolute Gasteiger partial charge is 0.255 e. The third-order valence-corrected chi connectivity index (χ3v) is 6.35. The van der Waals surface area contributed by atoms with E-state index in [1.165, 1.54) is 0 Å². The number of ether oxygens (including phenoxy) is 1. The number of fused-ring (bicyclic) bond motifs is 1. The molecule has 37 heavy (non-hydrogen) atoms. The van der Waals surface area contributed by atoms with Gasteiger partial charge in [-0.2, -0.15) is 0 Å². The van der Waals surface area contributed by atoms with Crippen molar-refractivity contribution >= 4 is 23.6 Å². The molecular formula is C27H32N4O6. The maximum absolute atomic E-state index is 13.2. The summed E-state index contributed by atoms with van der Waals surface area (Å²) in [6, 6.07) is 13.2. The van der Waals surface area contributed by atoms with E-state index in [4.69, 9.17) is 4.74 Å². The van der Waals surface area contributed by atoms with Gasteiger partial charge in [-0.15, -0.1) is 0 Å². The first kappa shape index (κ1) is 26.2. The van der Waals surface area contributed by atoms with Crippen molar-refractivity contribution in [3.63, 3.8) is 0 Å². The minimum absolute atomic E-state index is 0.0301. The van der Waals surface area contributed by atoms with Gasteiger partial charge in [0.05, 0.1) is 24.6 Å². The number of nitrogens with one attached hydrogen (secondary N) is 4. The lowest BCUT2D eigenvalue weighted by atomic mass is 10.1. The van der Waals surface area contributed by atoms with E-state index in [0.717, 1.165) is 18.4 Å². The van der Waals surface area contributed by atoms with Crippen LogP contribution in [-0.4, -0.2) is 66.6 Å². The predicted molar refractivity (Wildman–Crippen MR) is 135 cm³/mol. The lowest BCUT2D eigenvalue weighted by molar-refractivity contribution is -0.132. The summed E-state index contributed by atoms with van der Waals surface area (Å²) in [7, 11) is 0. The fourth-order valence-corrected chi connectivity index (χ4v) is 4.09. The molecule has 1 heterocycles. The minimum atomic E-state index is -1.23. The van der Waals surface area contributed by atoms with Gasteiger partial charge in [-0.3, -0.25) is 19.2 Å². The number of benzene rings is 2. The van der Waals surface area contributed by atoms with Gasteiger partial charge in [-0.05, 0) is 42.9 Å². The lowest BCUT2D eigenvalue weighted by Crippen LogP contribution is -2.55. The zero-order valence-electron chi connectivity index (χ0n) is 20.4. The Hall–Kier alpha value is -3.92. The molecule has 3 atom stereocenters. The molecule has 10 nitrogen and oxygen atoms in total. The molecule has 0 spiro atoms. The average molecular weight is 509 g/mol. The fourth-order valence-electron chi connectivity index (χ4n) is 4.09. The Kier molecular flexibility index (Phi) is 8.73. The molecule has 0 aromatic heterocycles. The zero-order chi connectivity index (χ0) is 26.2. The lowest BCUT2D eigenvalue weighted by Gasteiger charge is -2.25. The van der Waals surface area contributed by atoms with E-state index in [2.05, 4.69) is 21.3 Å². The highest BCUT2D eigenvalue weighted by molar-refractivity contribution is 6.01. The standard InChI is InChI=1S/C27H32N4O6/c32-15-22-27(36)29-19(12-17-6-2-1-3-7-17)16-37-23-9-5-4-8-20(23)25(34)31-21(13-24(33)30-22)26(35)28-14-18-10-11-18/h1-9,18-19,21-22,32H,10-16H2,(H,28,35)(H,29,36)(H,30,33)(H,31,34)/t19-,21+,22+/m1/s1. The molecule has 5 N–H and O–H groups in total. The highest BCUT2D eigenvalue weighted by atomic mass is 16.5. The number of hydrogen-bond acceptors (Lipinski definition) is 6. The Labute approximate surface area is 215 Å². The van der Waals surface area contributed by atoms with Crippen LogP contribution in [-0.2, 0) is 20.8 Å². The van der Waals surface area contributed by atoms with Crippen molar-refractivity contribution in [3.05, 3.63) is 65.7 Å². The first-order valence-corrected chi connectivity index (χ1v) is 12.5. The Bertz CT molecular complexity index is 1120. The molecule has 2 aromatic rings. The Morgan fingerprint density at radius 1 is 0.973 bits per heavy atom. The van der Waals surface area contributed by atoms with Gasteiger partial charge in [0.1, 0.15) is 24.4 Å². The van der Waals surface area contributed by atoms with Crippen LogP contribution in [0.25, 0.3) is 0 Å². The van der Waals surface area contributed by atoms with E-state index in [9.17, 15) is 24.3 Å². The number of aliphatic hydroxyl groups excluding tert-OH is 1. The summed E-state index contributed by atoms with van der Waals surface area (Å²) >= 11 is 0. The molecule has 0 bridgehead atoms. The van der Waals surface area contributed by atoms with Crippen molar-refractivity contribution in [2.75, 3.05) is 19.8 Å². The van der Waals surface area contributed by atoms with Gasteiger partial charge in [-0.25, -0.2) is 0 Å². The monoisotopic (exact) mass is 508 g/mol. The van der Waals surface area contributed by atoms with Crippen LogP contribution in [0.2, 0.25) is 0 Å². The van der Waals surface area contributed by atoms with Gasteiger partial charge in [0, 0.05) is 6.54 Å². The van der Waals surface area contributed by atoms with E-state index in [0.29, 0.717) is 18.9 Å². The summed E-state index contributed by atoms with van der Waals surface area (Å²) < 4.78 is 5.98. The summed E-state index contributed by atoms with van der Waals surface area (Å²) in [6.45, 7) is -0.135. The first-order chi connectivity index (χ1) is 17.9. The van der Waals surface area contributed by atoms with Crippen LogP contribution in [0.4, 0.5) is 0 Å². The molecular weight excluding hydrogens is 476 g/mol. The highest BCUT2D eigenvalue weighted by Gasteiger charge is 2.31. The molecule has 1 aliphatic carbocycles. The van der Waals surface area contributed by atoms with E-state index in [1.54, 1.807) is 24.3 Å². The summed E-state index contributed by atoms with van der Waals surface area (Å²) in [4.78, 5) is 51.8. The van der Waals surface area contributed by atoms with Gasteiger partial charge < -0.3 is 31.1 Å². The first-order valence-electron chi connectivity index (χ1n) is 12.5. The summed E-state index contributed by atoms with van der Waals surface area (Å²) in [5.41, 5.74) is 1.16. The second-order valence-corrected chi connectivity index (χ2v) is 9.42. The number of carbonyl (C=O) groups excluding carboxylic acids is 4. The van der Waals surface area contributed by atoms with Crippen molar-refractivity contribution in [1.82, 2.24) is 21.3 Å². The molecule has 10 heteroatoms. The molecule has 4 amide bonds. The maximum Gasteiger partial charge on any atom is 0.255 e. The van der Waals surface area contributed by atoms with Crippen molar-refractivity contribution in [1.29, 1.82) is 0 Å². The maximum atomic E-state index is 13.2. The minimum Gasteiger partial charge on any atom is -0.491 e. The van der Waals surface area contributed by atoms with Gasteiger partial charge >= 0.3 is 0 Å². The van der Waals surface area contributed by atoms with Crippen molar-refractivity contribution in [2.45, 2.75) is 43.8 Å². The Morgan fingerprint density at radius 2 is 1.70 bits per heavy atom. The van der Waals surface area contributed by atoms with E-state index in [1.807, 2.05) is 30.3 Å². The van der Waals surface area contributed by atoms with Gasteiger partial charge in [0.25, 0.3) is 5.91 Å². The number of aliphatic hydroxyl groups is 1. The van der Waals surface area contributed by atoms with E-state index in [-0.39, 0.29) is 17.9 Å². The Morgan fingerprint density at radius 3 is 2.43 bits per heavy atom. The van der Waals surface area contributed by atoms with E-state index >= 15 is 0 Å². The van der Waals surface area contributed by atoms with Gasteiger partial charge in [0.15, 0.2) is 0 Å². The molecule has 4 rings (SSSR count). The summed E-state index contributed by atoms with van der Waals surface area (Å²) in [5.74, 6) is -1.59. The molecule has 0 radical (unpaired) electrons. The zero-order valence-corrected chi connectivity index (χ0v) is 20.4. The molecule has 1 aliphatic heterocycles. The van der Waals surface area contributed by atoms with Crippen molar-refractivity contribution in [3.8, 4) is 5.75 Å². The van der Waals surface area contributed by atoms with E-state index < -0.39 is 54.8 Å². The van der Waals surface area contributed by atoms with Gasteiger partial charge in [0.2, 0.25) is 17.7 Å². The molecule has 196 valence electrons. The number of carbonyl (C=O) groups is 4. The van der Waals surface area contributed by atoms with Crippen LogP contribution >= 0.6 is 0 Å². The van der Waals surface area contributed by atoms with Crippen LogP contribution in [0.5, 0.6) is 5.75 Å². The fraction of sp³-hybridized carbons (Fsp3) is 0.407. The normalized spacial score (nSPS) is 22.8. The average Bonchev–Trinajstić information content (AvgIpc) is 3.73. The summed E-state index contributed by atoms with van der Waals surface area (Å²) in [6.07, 6.45) is 2.08. The van der Waals surface area contributed by atoms with Gasteiger partial charge in [-0.1, -0.05) is 42.5 Å². The molecule has 0 saturated heterocycles. The largest absolute Gasteiger partial charge is 0.491 e. The Balaban J connectivity index is 1.59. The van der Waals surface area contributed by atoms with Crippen LogP contribution in [0.15, 0.2) is 54.6 Å². The SMILES string of the molecule is O=C1C[C@@H](C(=O)NCC2CC2)NC(=O)c2ccccc2OC[C@@H](Cc2ccccc2)NC(=O)[C@H](CO)N1. The molecule has 1 fully saturated rings. The summed E-state index contributed by atoms with van der Waals surface area (Å²) in [5, 5.41) is 20.5. The van der Waals surface area contributed by atoms with Crippen LogP contribution in [0, 0.1) is 5.92 Å². The van der Waals surface area contributed by atoms with Crippen LogP contribution in [0.1, 0.15) is 35.2 Å². The van der Waals surface area contributed by atoms with Crippen molar-refractivity contribution < 1.29 is 29.0 Å².